The van der Waals surface area contributed by atoms with E-state index in [4.69, 9.17) is 4.74 Å². The molecule has 2 heteroatoms. The summed E-state index contributed by atoms with van der Waals surface area (Å²) < 4.78 is 4.99. The topological polar surface area (TPSA) is 26.3 Å². The smallest absolute Gasteiger partial charge is 0.338 e. The van der Waals surface area contributed by atoms with Crippen LogP contribution in [0.3, 0.4) is 0 Å². The SMILES string of the molecule is C=Cc1c(C)cc2c(c1C)COC2=O. The van der Waals surface area contributed by atoms with Gasteiger partial charge in [0.2, 0.25) is 0 Å². The minimum absolute atomic E-state index is 0.207. The molecule has 0 spiro atoms. The number of carbonyl (C=O) groups is 1. The zero-order chi connectivity index (χ0) is 10.3. The second kappa shape index (κ2) is 2.98. The lowest BCUT2D eigenvalue weighted by atomic mass is 9.94. The summed E-state index contributed by atoms with van der Waals surface area (Å²) in [5, 5.41) is 0. The molecule has 0 N–H and O–H groups in total. The number of rotatable bonds is 1. The molecule has 0 atom stereocenters. The van der Waals surface area contributed by atoms with Crippen LogP contribution in [-0.2, 0) is 11.3 Å². The maximum atomic E-state index is 11.3. The van der Waals surface area contributed by atoms with Crippen molar-refractivity contribution in [3.63, 3.8) is 0 Å². The molecule has 14 heavy (non-hydrogen) atoms. The standard InChI is InChI=1S/C12H12O2/c1-4-9-7(2)5-10-11(8(9)3)6-14-12(10)13/h4-5H,1,6H2,2-3H3. The summed E-state index contributed by atoms with van der Waals surface area (Å²) in [6, 6.07) is 1.88. The Balaban J connectivity index is 2.74. The van der Waals surface area contributed by atoms with Gasteiger partial charge in [-0.3, -0.25) is 0 Å². The Morgan fingerprint density at radius 1 is 1.50 bits per heavy atom. The lowest BCUT2D eigenvalue weighted by Crippen LogP contribution is -1.98. The Morgan fingerprint density at radius 2 is 2.21 bits per heavy atom. The van der Waals surface area contributed by atoms with E-state index in [1.807, 2.05) is 26.0 Å². The molecule has 2 nitrogen and oxygen atoms in total. The quantitative estimate of drug-likeness (QED) is 0.633. The lowest BCUT2D eigenvalue weighted by molar-refractivity contribution is 0.0535. The van der Waals surface area contributed by atoms with E-state index in [2.05, 4.69) is 6.58 Å². The van der Waals surface area contributed by atoms with E-state index >= 15 is 0 Å². The van der Waals surface area contributed by atoms with Crippen LogP contribution in [0.1, 0.15) is 32.6 Å². The summed E-state index contributed by atoms with van der Waals surface area (Å²) in [6.07, 6.45) is 1.83. The molecule has 0 radical (unpaired) electrons. The summed E-state index contributed by atoms with van der Waals surface area (Å²) in [6.45, 7) is 8.16. The first kappa shape index (κ1) is 9.00. The van der Waals surface area contributed by atoms with Crippen LogP contribution in [0, 0.1) is 13.8 Å². The van der Waals surface area contributed by atoms with Crippen molar-refractivity contribution in [2.45, 2.75) is 20.5 Å². The zero-order valence-electron chi connectivity index (χ0n) is 8.39. The average molecular weight is 188 g/mol. The van der Waals surface area contributed by atoms with Gasteiger partial charge >= 0.3 is 5.97 Å². The molecule has 72 valence electrons. The number of carbonyl (C=O) groups excluding carboxylic acids is 1. The zero-order valence-corrected chi connectivity index (χ0v) is 8.39. The van der Waals surface area contributed by atoms with E-state index in [1.165, 1.54) is 0 Å². The van der Waals surface area contributed by atoms with Gasteiger partial charge in [-0.25, -0.2) is 4.79 Å². The fraction of sp³-hybridized carbons (Fsp3) is 0.250. The van der Waals surface area contributed by atoms with Gasteiger partial charge < -0.3 is 4.74 Å². The first-order valence-corrected chi connectivity index (χ1v) is 4.57. The van der Waals surface area contributed by atoms with E-state index in [0.717, 1.165) is 22.3 Å². The van der Waals surface area contributed by atoms with Gasteiger partial charge in [0.25, 0.3) is 0 Å². The number of fused-ring (bicyclic) bond motifs is 1. The third kappa shape index (κ3) is 1.07. The van der Waals surface area contributed by atoms with Crippen LogP contribution in [-0.4, -0.2) is 5.97 Å². The molecule has 0 aliphatic carbocycles. The maximum Gasteiger partial charge on any atom is 0.338 e. The van der Waals surface area contributed by atoms with Gasteiger partial charge in [0, 0.05) is 5.56 Å². The van der Waals surface area contributed by atoms with Crippen molar-refractivity contribution in [2.75, 3.05) is 0 Å². The third-order valence-electron chi connectivity index (χ3n) is 2.74. The predicted molar refractivity (Wildman–Crippen MR) is 55.1 cm³/mol. The van der Waals surface area contributed by atoms with Crippen LogP contribution >= 0.6 is 0 Å². The predicted octanol–water partition coefficient (Wildman–Crippen LogP) is 2.62. The molecule has 0 amide bonds. The highest BCUT2D eigenvalue weighted by molar-refractivity contribution is 5.94. The fourth-order valence-electron chi connectivity index (χ4n) is 1.94. The van der Waals surface area contributed by atoms with E-state index in [9.17, 15) is 4.79 Å². The molecule has 1 heterocycles. The van der Waals surface area contributed by atoms with Crippen molar-refractivity contribution >= 4 is 12.0 Å². The van der Waals surface area contributed by atoms with Gasteiger partial charge in [-0.1, -0.05) is 12.7 Å². The van der Waals surface area contributed by atoms with Crippen molar-refractivity contribution in [2.24, 2.45) is 0 Å². The second-order valence-electron chi connectivity index (χ2n) is 3.54. The van der Waals surface area contributed by atoms with Gasteiger partial charge in [-0.2, -0.15) is 0 Å². The molecule has 0 saturated carbocycles. The molecule has 0 bridgehead atoms. The first-order chi connectivity index (χ1) is 6.65. The highest BCUT2D eigenvalue weighted by atomic mass is 16.5. The summed E-state index contributed by atoms with van der Waals surface area (Å²) in [5.74, 6) is -0.207. The number of benzene rings is 1. The van der Waals surface area contributed by atoms with Crippen LogP contribution in [0.5, 0.6) is 0 Å². The third-order valence-corrected chi connectivity index (χ3v) is 2.74. The highest BCUT2D eigenvalue weighted by Gasteiger charge is 2.24. The van der Waals surface area contributed by atoms with Gasteiger partial charge in [0.15, 0.2) is 0 Å². The van der Waals surface area contributed by atoms with Crippen molar-refractivity contribution in [3.8, 4) is 0 Å². The lowest BCUT2D eigenvalue weighted by Gasteiger charge is -2.08. The monoisotopic (exact) mass is 188 g/mol. The Morgan fingerprint density at radius 3 is 2.86 bits per heavy atom. The Kier molecular flexibility index (Phi) is 1.92. The molecule has 1 aliphatic heterocycles. The first-order valence-electron chi connectivity index (χ1n) is 4.57. The Bertz CT molecular complexity index is 430. The van der Waals surface area contributed by atoms with E-state index in [0.29, 0.717) is 12.2 Å². The van der Waals surface area contributed by atoms with E-state index in [1.54, 1.807) is 0 Å². The summed E-state index contributed by atoms with van der Waals surface area (Å²) in [7, 11) is 0. The van der Waals surface area contributed by atoms with E-state index < -0.39 is 0 Å². The average Bonchev–Trinajstić information content (AvgIpc) is 2.49. The molecule has 0 fully saturated rings. The maximum absolute atomic E-state index is 11.3. The van der Waals surface area contributed by atoms with Crippen LogP contribution in [0.15, 0.2) is 12.6 Å². The highest BCUT2D eigenvalue weighted by Crippen LogP contribution is 2.28. The molecule has 1 aliphatic rings. The molecule has 1 aromatic rings. The van der Waals surface area contributed by atoms with Crippen LogP contribution < -0.4 is 0 Å². The summed E-state index contributed by atoms with van der Waals surface area (Å²) >= 11 is 0. The van der Waals surface area contributed by atoms with Crippen LogP contribution in [0.4, 0.5) is 0 Å². The number of ether oxygens (including phenoxy) is 1. The number of cyclic esters (lactones) is 1. The number of aryl methyl sites for hydroxylation is 1. The van der Waals surface area contributed by atoms with Gasteiger partial charge in [0.05, 0.1) is 5.56 Å². The minimum Gasteiger partial charge on any atom is -0.457 e. The second-order valence-corrected chi connectivity index (χ2v) is 3.54. The molecule has 2 rings (SSSR count). The van der Waals surface area contributed by atoms with Gasteiger partial charge in [-0.05, 0) is 36.6 Å². The number of hydrogen-bond acceptors (Lipinski definition) is 2. The fourth-order valence-corrected chi connectivity index (χ4v) is 1.94. The molecular weight excluding hydrogens is 176 g/mol. The minimum atomic E-state index is -0.207. The molecule has 1 aromatic carbocycles. The van der Waals surface area contributed by atoms with Crippen molar-refractivity contribution in [1.29, 1.82) is 0 Å². The van der Waals surface area contributed by atoms with E-state index in [-0.39, 0.29) is 5.97 Å². The van der Waals surface area contributed by atoms with Gasteiger partial charge in [0.1, 0.15) is 6.61 Å². The molecule has 0 unspecified atom stereocenters. The molecular formula is C12H12O2. The summed E-state index contributed by atoms with van der Waals surface area (Å²) in [4.78, 5) is 11.3. The summed E-state index contributed by atoms with van der Waals surface area (Å²) in [5.41, 5.74) is 5.03. The largest absolute Gasteiger partial charge is 0.457 e. The Labute approximate surface area is 83.2 Å². The van der Waals surface area contributed by atoms with Crippen molar-refractivity contribution in [1.82, 2.24) is 0 Å². The van der Waals surface area contributed by atoms with Crippen LogP contribution in [0.2, 0.25) is 0 Å². The van der Waals surface area contributed by atoms with Crippen molar-refractivity contribution < 1.29 is 9.53 Å². The van der Waals surface area contributed by atoms with Crippen LogP contribution in [0.25, 0.3) is 6.08 Å². The van der Waals surface area contributed by atoms with Crippen molar-refractivity contribution in [3.05, 3.63) is 40.5 Å². The number of esters is 1. The van der Waals surface area contributed by atoms with Gasteiger partial charge in [-0.15, -0.1) is 0 Å². The normalized spacial score (nSPS) is 13.7. The number of hydrogen-bond donors (Lipinski definition) is 0. The molecule has 0 aromatic heterocycles. The Hall–Kier alpha value is -1.57. The molecule has 0 saturated heterocycles.